The van der Waals surface area contributed by atoms with Gasteiger partial charge in [0.25, 0.3) is 0 Å². The van der Waals surface area contributed by atoms with Crippen molar-refractivity contribution in [3.05, 3.63) is 29.8 Å². The summed E-state index contributed by atoms with van der Waals surface area (Å²) in [7, 11) is 0. The molecular formula is C18H28O4. The van der Waals surface area contributed by atoms with E-state index in [1.807, 2.05) is 0 Å². The summed E-state index contributed by atoms with van der Waals surface area (Å²) in [5.41, 5.74) is 0.404. The average molecular weight is 308 g/mol. The third kappa shape index (κ3) is 8.03. The predicted octanol–water partition coefficient (Wildman–Crippen LogP) is 3.91. The summed E-state index contributed by atoms with van der Waals surface area (Å²) < 4.78 is 5.12. The first-order chi connectivity index (χ1) is 10.5. The topological polar surface area (TPSA) is 66.8 Å². The number of rotatable bonds is 10. The summed E-state index contributed by atoms with van der Waals surface area (Å²) in [6.45, 7) is 4.65. The van der Waals surface area contributed by atoms with Crippen LogP contribution >= 0.6 is 0 Å². The molecule has 0 aliphatic heterocycles. The van der Waals surface area contributed by atoms with Crippen molar-refractivity contribution in [1.29, 1.82) is 0 Å². The molecule has 2 N–H and O–H groups in total. The van der Waals surface area contributed by atoms with Gasteiger partial charge in [0.1, 0.15) is 5.75 Å². The van der Waals surface area contributed by atoms with Crippen LogP contribution in [0.4, 0.5) is 0 Å². The number of phenolic OH excluding ortho intramolecular Hbond substituents is 1. The van der Waals surface area contributed by atoms with Gasteiger partial charge in [-0.2, -0.15) is 0 Å². The molecule has 1 unspecified atom stereocenters. The number of esters is 1. The first-order valence-corrected chi connectivity index (χ1v) is 8.13. The zero-order valence-electron chi connectivity index (χ0n) is 13.6. The highest BCUT2D eigenvalue weighted by atomic mass is 16.5. The standard InChI is InChI=1S/C18H28O4/c1-14(2)6-4-3-5-7-16(19)12-13-22-18(21)15-8-10-17(20)11-9-15/h8-11,14,16,19-20H,3-7,12-13H2,1-2H3. The monoisotopic (exact) mass is 308 g/mol. The SMILES string of the molecule is CC(C)CCCCCC(O)CCOC(=O)c1ccc(O)cc1. The number of aliphatic hydroxyl groups is 1. The molecular weight excluding hydrogens is 280 g/mol. The fraction of sp³-hybridized carbons (Fsp3) is 0.611. The van der Waals surface area contributed by atoms with E-state index < -0.39 is 12.1 Å². The molecule has 0 amide bonds. The number of hydrogen-bond donors (Lipinski definition) is 2. The van der Waals surface area contributed by atoms with E-state index in [2.05, 4.69) is 13.8 Å². The summed E-state index contributed by atoms with van der Waals surface area (Å²) in [5.74, 6) is 0.429. The lowest BCUT2D eigenvalue weighted by molar-refractivity contribution is 0.0422. The van der Waals surface area contributed by atoms with Crippen LogP contribution in [-0.4, -0.2) is 28.9 Å². The van der Waals surface area contributed by atoms with Gasteiger partial charge in [0, 0.05) is 6.42 Å². The number of phenols is 1. The molecule has 4 heteroatoms. The summed E-state index contributed by atoms with van der Waals surface area (Å²) in [6, 6.07) is 5.93. The molecule has 0 radical (unpaired) electrons. The minimum Gasteiger partial charge on any atom is -0.508 e. The molecule has 124 valence electrons. The van der Waals surface area contributed by atoms with Crippen LogP contribution in [0.25, 0.3) is 0 Å². The highest BCUT2D eigenvalue weighted by molar-refractivity contribution is 5.89. The van der Waals surface area contributed by atoms with Crippen LogP contribution in [0.3, 0.4) is 0 Å². The predicted molar refractivity (Wildman–Crippen MR) is 86.9 cm³/mol. The number of carbonyl (C=O) groups is 1. The Morgan fingerprint density at radius 1 is 1.05 bits per heavy atom. The largest absolute Gasteiger partial charge is 0.508 e. The fourth-order valence-corrected chi connectivity index (χ4v) is 2.22. The van der Waals surface area contributed by atoms with Gasteiger partial charge in [-0.25, -0.2) is 4.79 Å². The Kier molecular flexibility index (Phi) is 8.60. The number of unbranched alkanes of at least 4 members (excludes halogenated alkanes) is 2. The number of benzene rings is 1. The van der Waals surface area contributed by atoms with Crippen molar-refractivity contribution in [2.45, 2.75) is 58.5 Å². The van der Waals surface area contributed by atoms with Gasteiger partial charge < -0.3 is 14.9 Å². The summed E-state index contributed by atoms with van der Waals surface area (Å²) in [4.78, 5) is 11.7. The van der Waals surface area contributed by atoms with Crippen molar-refractivity contribution in [3.8, 4) is 5.75 Å². The van der Waals surface area contributed by atoms with E-state index in [9.17, 15) is 9.90 Å². The van der Waals surface area contributed by atoms with Crippen LogP contribution in [-0.2, 0) is 4.74 Å². The molecule has 0 heterocycles. The van der Waals surface area contributed by atoms with Gasteiger partial charge in [-0.1, -0.05) is 39.5 Å². The van der Waals surface area contributed by atoms with Crippen LogP contribution in [0.5, 0.6) is 5.75 Å². The minimum absolute atomic E-state index is 0.115. The Morgan fingerprint density at radius 3 is 2.32 bits per heavy atom. The third-order valence-electron chi connectivity index (χ3n) is 3.61. The van der Waals surface area contributed by atoms with Gasteiger partial charge in [0.15, 0.2) is 0 Å². The van der Waals surface area contributed by atoms with Crippen molar-refractivity contribution < 1.29 is 19.7 Å². The van der Waals surface area contributed by atoms with Crippen LogP contribution < -0.4 is 0 Å². The lowest BCUT2D eigenvalue weighted by Gasteiger charge is -2.11. The molecule has 22 heavy (non-hydrogen) atoms. The smallest absolute Gasteiger partial charge is 0.338 e. The van der Waals surface area contributed by atoms with Gasteiger partial charge in [-0.15, -0.1) is 0 Å². The van der Waals surface area contributed by atoms with Crippen LogP contribution in [0.15, 0.2) is 24.3 Å². The molecule has 0 aromatic heterocycles. The Morgan fingerprint density at radius 2 is 1.68 bits per heavy atom. The maximum absolute atomic E-state index is 11.7. The van der Waals surface area contributed by atoms with E-state index in [1.165, 1.54) is 37.1 Å². The van der Waals surface area contributed by atoms with E-state index in [1.54, 1.807) is 0 Å². The van der Waals surface area contributed by atoms with Crippen LogP contribution in [0.1, 0.15) is 62.7 Å². The molecule has 0 aliphatic carbocycles. The molecule has 1 rings (SSSR count). The number of hydrogen-bond acceptors (Lipinski definition) is 4. The van der Waals surface area contributed by atoms with Crippen molar-refractivity contribution >= 4 is 5.97 Å². The molecule has 0 spiro atoms. The normalized spacial score (nSPS) is 12.4. The van der Waals surface area contributed by atoms with Gasteiger partial charge >= 0.3 is 5.97 Å². The second-order valence-electron chi connectivity index (χ2n) is 6.16. The van der Waals surface area contributed by atoms with Gasteiger partial charge in [0.2, 0.25) is 0 Å². The first-order valence-electron chi connectivity index (χ1n) is 8.13. The molecule has 1 aromatic rings. The van der Waals surface area contributed by atoms with Crippen LogP contribution in [0.2, 0.25) is 0 Å². The zero-order valence-corrected chi connectivity index (χ0v) is 13.6. The summed E-state index contributed by atoms with van der Waals surface area (Å²) >= 11 is 0. The Hall–Kier alpha value is -1.55. The van der Waals surface area contributed by atoms with E-state index in [4.69, 9.17) is 9.84 Å². The second kappa shape index (κ2) is 10.2. The van der Waals surface area contributed by atoms with Crippen molar-refractivity contribution in [2.24, 2.45) is 5.92 Å². The number of carbonyl (C=O) groups excluding carboxylic acids is 1. The lowest BCUT2D eigenvalue weighted by Crippen LogP contribution is -2.13. The van der Waals surface area contributed by atoms with E-state index in [-0.39, 0.29) is 12.4 Å². The zero-order chi connectivity index (χ0) is 16.4. The highest BCUT2D eigenvalue weighted by Gasteiger charge is 2.09. The second-order valence-corrected chi connectivity index (χ2v) is 6.16. The summed E-state index contributed by atoms with van der Waals surface area (Å²) in [5, 5.41) is 19.0. The van der Waals surface area contributed by atoms with Gasteiger partial charge in [-0.05, 0) is 36.6 Å². The molecule has 4 nitrogen and oxygen atoms in total. The Balaban J connectivity index is 2.10. The van der Waals surface area contributed by atoms with Crippen molar-refractivity contribution in [3.63, 3.8) is 0 Å². The number of ether oxygens (including phenoxy) is 1. The minimum atomic E-state index is -0.427. The van der Waals surface area contributed by atoms with Crippen molar-refractivity contribution in [1.82, 2.24) is 0 Å². The maximum Gasteiger partial charge on any atom is 0.338 e. The average Bonchev–Trinajstić information content (AvgIpc) is 2.47. The first kappa shape index (κ1) is 18.5. The summed E-state index contributed by atoms with van der Waals surface area (Å²) in [6.07, 6.45) is 5.41. The Bertz CT molecular complexity index is 425. The van der Waals surface area contributed by atoms with Gasteiger partial charge in [0.05, 0.1) is 18.3 Å². The fourth-order valence-electron chi connectivity index (χ4n) is 2.22. The lowest BCUT2D eigenvalue weighted by atomic mass is 10.0. The molecule has 0 saturated carbocycles. The maximum atomic E-state index is 11.7. The van der Waals surface area contributed by atoms with Crippen LogP contribution in [0, 0.1) is 5.92 Å². The van der Waals surface area contributed by atoms with E-state index >= 15 is 0 Å². The quantitative estimate of drug-likeness (QED) is 0.508. The molecule has 0 aliphatic rings. The highest BCUT2D eigenvalue weighted by Crippen LogP contribution is 2.13. The molecule has 0 saturated heterocycles. The molecule has 1 atom stereocenters. The van der Waals surface area contributed by atoms with Crippen molar-refractivity contribution in [2.75, 3.05) is 6.61 Å². The van der Waals surface area contributed by atoms with E-state index in [0.29, 0.717) is 12.0 Å². The molecule has 1 aromatic carbocycles. The number of aliphatic hydroxyl groups excluding tert-OH is 1. The number of aromatic hydroxyl groups is 1. The van der Waals surface area contributed by atoms with E-state index in [0.717, 1.165) is 25.2 Å². The van der Waals surface area contributed by atoms with Gasteiger partial charge in [-0.3, -0.25) is 0 Å². The molecule has 0 fully saturated rings. The third-order valence-corrected chi connectivity index (χ3v) is 3.61. The Labute approximate surface area is 133 Å². The molecule has 0 bridgehead atoms.